The average Bonchev–Trinajstić information content (AvgIpc) is 2.35. The summed E-state index contributed by atoms with van der Waals surface area (Å²) < 4.78 is 9.76. The van der Waals surface area contributed by atoms with Crippen molar-refractivity contribution < 1.29 is 14.3 Å². The Balaban J connectivity index is 2.78. The summed E-state index contributed by atoms with van der Waals surface area (Å²) in [4.78, 5) is 11.0. The SMILES string of the molecule is CCc1ccc(OC)c(NCC(=O)OC)c1. The molecule has 0 aliphatic carbocycles. The predicted molar refractivity (Wildman–Crippen MR) is 62.9 cm³/mol. The van der Waals surface area contributed by atoms with Crippen molar-refractivity contribution in [3.05, 3.63) is 23.8 Å². The summed E-state index contributed by atoms with van der Waals surface area (Å²) in [5.74, 6) is 0.421. The monoisotopic (exact) mass is 223 g/mol. The summed E-state index contributed by atoms with van der Waals surface area (Å²) in [5, 5.41) is 2.99. The molecule has 88 valence electrons. The third-order valence-electron chi connectivity index (χ3n) is 2.32. The Morgan fingerprint density at radius 1 is 1.38 bits per heavy atom. The number of hydrogen-bond acceptors (Lipinski definition) is 4. The third-order valence-corrected chi connectivity index (χ3v) is 2.32. The van der Waals surface area contributed by atoms with Crippen LogP contribution in [-0.4, -0.2) is 26.7 Å². The quantitative estimate of drug-likeness (QED) is 0.774. The molecule has 16 heavy (non-hydrogen) atoms. The van der Waals surface area contributed by atoms with Crippen molar-refractivity contribution in [1.82, 2.24) is 0 Å². The Morgan fingerprint density at radius 3 is 2.69 bits per heavy atom. The molecule has 0 atom stereocenters. The maximum atomic E-state index is 11.0. The standard InChI is InChI=1S/C12H17NO3/c1-4-9-5-6-11(15-2)10(7-9)13-8-12(14)16-3/h5-7,13H,4,8H2,1-3H3. The molecule has 0 spiro atoms. The summed E-state index contributed by atoms with van der Waals surface area (Å²) in [5.41, 5.74) is 2.00. The first-order chi connectivity index (χ1) is 7.71. The molecule has 0 aliphatic rings. The molecule has 0 unspecified atom stereocenters. The number of nitrogens with one attached hydrogen (secondary N) is 1. The number of methoxy groups -OCH3 is 2. The van der Waals surface area contributed by atoms with Gasteiger partial charge in [-0.05, 0) is 24.1 Å². The fraction of sp³-hybridized carbons (Fsp3) is 0.417. The lowest BCUT2D eigenvalue weighted by molar-refractivity contribution is -0.138. The lowest BCUT2D eigenvalue weighted by Gasteiger charge is -2.11. The molecule has 1 aromatic rings. The maximum absolute atomic E-state index is 11.0. The minimum absolute atomic E-state index is 0.139. The van der Waals surface area contributed by atoms with Gasteiger partial charge >= 0.3 is 5.97 Å². The largest absolute Gasteiger partial charge is 0.495 e. The molecular weight excluding hydrogens is 206 g/mol. The van der Waals surface area contributed by atoms with E-state index in [1.54, 1.807) is 7.11 Å². The predicted octanol–water partition coefficient (Wildman–Crippen LogP) is 1.84. The highest BCUT2D eigenvalue weighted by Crippen LogP contribution is 2.25. The highest BCUT2D eigenvalue weighted by Gasteiger charge is 2.05. The number of benzene rings is 1. The fourth-order valence-electron chi connectivity index (χ4n) is 1.35. The highest BCUT2D eigenvalue weighted by molar-refractivity contribution is 5.76. The van der Waals surface area contributed by atoms with Crippen molar-refractivity contribution >= 4 is 11.7 Å². The van der Waals surface area contributed by atoms with E-state index in [0.717, 1.165) is 17.9 Å². The van der Waals surface area contributed by atoms with Crippen LogP contribution >= 0.6 is 0 Å². The van der Waals surface area contributed by atoms with E-state index in [2.05, 4.69) is 17.0 Å². The Morgan fingerprint density at radius 2 is 2.12 bits per heavy atom. The smallest absolute Gasteiger partial charge is 0.325 e. The topological polar surface area (TPSA) is 47.6 Å². The number of rotatable bonds is 5. The normalized spacial score (nSPS) is 9.69. The molecule has 0 saturated heterocycles. The van der Waals surface area contributed by atoms with E-state index in [0.29, 0.717) is 0 Å². The molecule has 0 radical (unpaired) electrons. The van der Waals surface area contributed by atoms with Gasteiger partial charge in [0.05, 0.1) is 19.9 Å². The zero-order valence-electron chi connectivity index (χ0n) is 9.87. The Hall–Kier alpha value is -1.71. The maximum Gasteiger partial charge on any atom is 0.325 e. The molecule has 0 fully saturated rings. The van der Waals surface area contributed by atoms with Crippen LogP contribution in [0.25, 0.3) is 0 Å². The number of aryl methyl sites for hydroxylation is 1. The van der Waals surface area contributed by atoms with Crippen molar-refractivity contribution in [3.8, 4) is 5.75 Å². The van der Waals surface area contributed by atoms with E-state index < -0.39 is 0 Å². The molecule has 0 aliphatic heterocycles. The molecule has 4 nitrogen and oxygen atoms in total. The summed E-state index contributed by atoms with van der Waals surface area (Å²) in [6.45, 7) is 2.21. The fourth-order valence-corrected chi connectivity index (χ4v) is 1.35. The molecule has 0 saturated carbocycles. The van der Waals surface area contributed by atoms with Crippen molar-refractivity contribution in [3.63, 3.8) is 0 Å². The van der Waals surface area contributed by atoms with Crippen LogP contribution in [-0.2, 0) is 16.0 Å². The van der Waals surface area contributed by atoms with Crippen LogP contribution in [0.15, 0.2) is 18.2 Å². The minimum atomic E-state index is -0.302. The second-order valence-electron chi connectivity index (χ2n) is 3.32. The Kier molecular flexibility index (Phi) is 4.64. The number of carbonyl (C=O) groups is 1. The molecule has 1 N–H and O–H groups in total. The van der Waals surface area contributed by atoms with Gasteiger partial charge in [0, 0.05) is 0 Å². The summed E-state index contributed by atoms with van der Waals surface area (Å²) >= 11 is 0. The van der Waals surface area contributed by atoms with Gasteiger partial charge in [-0.15, -0.1) is 0 Å². The molecule has 1 rings (SSSR count). The van der Waals surface area contributed by atoms with Crippen LogP contribution in [0.3, 0.4) is 0 Å². The number of esters is 1. The number of hydrogen-bond donors (Lipinski definition) is 1. The second-order valence-corrected chi connectivity index (χ2v) is 3.32. The zero-order valence-corrected chi connectivity index (χ0v) is 9.87. The summed E-state index contributed by atoms with van der Waals surface area (Å²) in [7, 11) is 2.97. The molecule has 0 amide bonds. The number of carbonyl (C=O) groups excluding carboxylic acids is 1. The number of ether oxygens (including phenoxy) is 2. The third kappa shape index (κ3) is 3.15. The average molecular weight is 223 g/mol. The van der Waals surface area contributed by atoms with Gasteiger partial charge in [0.1, 0.15) is 12.3 Å². The summed E-state index contributed by atoms with van der Waals surface area (Å²) in [6, 6.07) is 5.86. The van der Waals surface area contributed by atoms with Gasteiger partial charge in [-0.1, -0.05) is 13.0 Å². The van der Waals surface area contributed by atoms with E-state index >= 15 is 0 Å². The van der Waals surface area contributed by atoms with Crippen molar-refractivity contribution in [2.45, 2.75) is 13.3 Å². The molecule has 1 aromatic carbocycles. The Labute approximate surface area is 95.6 Å². The van der Waals surface area contributed by atoms with Gasteiger partial charge in [-0.2, -0.15) is 0 Å². The molecular formula is C12H17NO3. The van der Waals surface area contributed by atoms with Crippen LogP contribution in [0.2, 0.25) is 0 Å². The van der Waals surface area contributed by atoms with Gasteiger partial charge < -0.3 is 14.8 Å². The van der Waals surface area contributed by atoms with Crippen LogP contribution in [0, 0.1) is 0 Å². The molecule has 0 aromatic heterocycles. The second kappa shape index (κ2) is 6.00. The van der Waals surface area contributed by atoms with E-state index in [-0.39, 0.29) is 12.5 Å². The van der Waals surface area contributed by atoms with E-state index in [1.165, 1.54) is 12.7 Å². The van der Waals surface area contributed by atoms with Gasteiger partial charge in [-0.25, -0.2) is 0 Å². The molecule has 0 heterocycles. The van der Waals surface area contributed by atoms with Crippen LogP contribution < -0.4 is 10.1 Å². The number of anilines is 1. The zero-order chi connectivity index (χ0) is 12.0. The van der Waals surface area contributed by atoms with Gasteiger partial charge in [0.2, 0.25) is 0 Å². The van der Waals surface area contributed by atoms with Crippen LogP contribution in [0.4, 0.5) is 5.69 Å². The Bertz CT molecular complexity index is 363. The van der Waals surface area contributed by atoms with Crippen molar-refractivity contribution in [2.24, 2.45) is 0 Å². The first-order valence-electron chi connectivity index (χ1n) is 5.18. The lowest BCUT2D eigenvalue weighted by atomic mass is 10.1. The van der Waals surface area contributed by atoms with E-state index in [9.17, 15) is 4.79 Å². The lowest BCUT2D eigenvalue weighted by Crippen LogP contribution is -2.15. The first-order valence-corrected chi connectivity index (χ1v) is 5.18. The van der Waals surface area contributed by atoms with Gasteiger partial charge in [0.25, 0.3) is 0 Å². The molecule has 4 heteroatoms. The molecule has 0 bridgehead atoms. The van der Waals surface area contributed by atoms with E-state index in [4.69, 9.17) is 4.74 Å². The van der Waals surface area contributed by atoms with Crippen LogP contribution in [0.1, 0.15) is 12.5 Å². The van der Waals surface area contributed by atoms with Gasteiger partial charge in [0.15, 0.2) is 0 Å². The first kappa shape index (κ1) is 12.4. The van der Waals surface area contributed by atoms with Gasteiger partial charge in [-0.3, -0.25) is 4.79 Å². The van der Waals surface area contributed by atoms with Crippen molar-refractivity contribution in [2.75, 3.05) is 26.1 Å². The highest BCUT2D eigenvalue weighted by atomic mass is 16.5. The minimum Gasteiger partial charge on any atom is -0.495 e. The van der Waals surface area contributed by atoms with Crippen molar-refractivity contribution in [1.29, 1.82) is 0 Å². The van der Waals surface area contributed by atoms with E-state index in [1.807, 2.05) is 18.2 Å². The summed E-state index contributed by atoms with van der Waals surface area (Å²) in [6.07, 6.45) is 0.941. The van der Waals surface area contributed by atoms with Crippen LogP contribution in [0.5, 0.6) is 5.75 Å².